The van der Waals surface area contributed by atoms with E-state index in [0.717, 1.165) is 51.4 Å². The van der Waals surface area contributed by atoms with Crippen LogP contribution >= 0.6 is 0 Å². The number of urea groups is 1. The van der Waals surface area contributed by atoms with E-state index in [1.54, 1.807) is 0 Å². The third-order valence-corrected chi connectivity index (χ3v) is 4.34. The molecule has 2 N–H and O–H groups in total. The Morgan fingerprint density at radius 2 is 1.65 bits per heavy atom. The SMILES string of the molecule is CC1CCN(C(=O)N2CCC(C)C(N)C2)CC1. The third-order valence-electron chi connectivity index (χ3n) is 4.34. The number of amides is 2. The molecule has 2 aliphatic rings. The van der Waals surface area contributed by atoms with Gasteiger partial charge in [-0.25, -0.2) is 4.79 Å². The fourth-order valence-electron chi connectivity index (χ4n) is 2.67. The molecule has 0 aromatic carbocycles. The number of rotatable bonds is 0. The highest BCUT2D eigenvalue weighted by Crippen LogP contribution is 2.20. The normalized spacial score (nSPS) is 31.7. The summed E-state index contributed by atoms with van der Waals surface area (Å²) in [6, 6.07) is 0.357. The summed E-state index contributed by atoms with van der Waals surface area (Å²) in [4.78, 5) is 16.3. The fourth-order valence-corrected chi connectivity index (χ4v) is 2.67. The lowest BCUT2D eigenvalue weighted by atomic mass is 9.94. The molecule has 4 heteroatoms. The minimum absolute atomic E-state index is 0.149. The number of nitrogens with two attached hydrogens (primary N) is 1. The first kappa shape index (κ1) is 12.7. The van der Waals surface area contributed by atoms with E-state index in [1.807, 2.05) is 9.80 Å². The van der Waals surface area contributed by atoms with E-state index >= 15 is 0 Å². The van der Waals surface area contributed by atoms with E-state index in [-0.39, 0.29) is 12.1 Å². The molecule has 0 bridgehead atoms. The van der Waals surface area contributed by atoms with Gasteiger partial charge < -0.3 is 15.5 Å². The number of piperidine rings is 2. The monoisotopic (exact) mass is 239 g/mol. The molecule has 98 valence electrons. The predicted octanol–water partition coefficient (Wildman–Crippen LogP) is 1.51. The molecular weight excluding hydrogens is 214 g/mol. The highest BCUT2D eigenvalue weighted by atomic mass is 16.2. The maximum Gasteiger partial charge on any atom is 0.320 e. The maximum absolute atomic E-state index is 12.3. The zero-order valence-electron chi connectivity index (χ0n) is 11.1. The zero-order chi connectivity index (χ0) is 12.4. The van der Waals surface area contributed by atoms with E-state index < -0.39 is 0 Å². The number of likely N-dealkylation sites (tertiary alicyclic amines) is 2. The smallest absolute Gasteiger partial charge is 0.320 e. The lowest BCUT2D eigenvalue weighted by Gasteiger charge is -2.39. The highest BCUT2D eigenvalue weighted by Gasteiger charge is 2.30. The van der Waals surface area contributed by atoms with Gasteiger partial charge in [0.25, 0.3) is 0 Å². The molecule has 2 amide bonds. The Morgan fingerprint density at radius 3 is 2.24 bits per heavy atom. The standard InChI is InChI=1S/C13H25N3O/c1-10-3-6-15(7-4-10)13(17)16-8-5-11(2)12(14)9-16/h10-12H,3-9,14H2,1-2H3. The van der Waals surface area contributed by atoms with Crippen LogP contribution in [0.25, 0.3) is 0 Å². The van der Waals surface area contributed by atoms with Gasteiger partial charge in [-0.2, -0.15) is 0 Å². The number of nitrogens with zero attached hydrogens (tertiary/aromatic N) is 2. The van der Waals surface area contributed by atoms with Gasteiger partial charge in [0.15, 0.2) is 0 Å². The van der Waals surface area contributed by atoms with E-state index in [0.29, 0.717) is 5.92 Å². The fraction of sp³-hybridized carbons (Fsp3) is 0.923. The first-order valence-electron chi connectivity index (χ1n) is 6.87. The van der Waals surface area contributed by atoms with Gasteiger partial charge >= 0.3 is 6.03 Å². The van der Waals surface area contributed by atoms with Crippen molar-refractivity contribution in [1.82, 2.24) is 9.80 Å². The van der Waals surface area contributed by atoms with Gasteiger partial charge in [0.1, 0.15) is 0 Å². The third kappa shape index (κ3) is 2.92. The lowest BCUT2D eigenvalue weighted by Crippen LogP contribution is -2.54. The molecule has 2 saturated heterocycles. The van der Waals surface area contributed by atoms with Gasteiger partial charge in [0.05, 0.1) is 0 Å². The van der Waals surface area contributed by atoms with Crippen LogP contribution in [-0.4, -0.2) is 48.1 Å². The quantitative estimate of drug-likeness (QED) is 0.696. The summed E-state index contributed by atoms with van der Waals surface area (Å²) < 4.78 is 0. The molecule has 0 aromatic rings. The largest absolute Gasteiger partial charge is 0.326 e. The van der Waals surface area contributed by atoms with Crippen LogP contribution in [0, 0.1) is 11.8 Å². The van der Waals surface area contributed by atoms with Crippen molar-refractivity contribution in [3.63, 3.8) is 0 Å². The van der Waals surface area contributed by atoms with E-state index in [2.05, 4.69) is 13.8 Å². The Kier molecular flexibility index (Phi) is 3.92. The summed E-state index contributed by atoms with van der Waals surface area (Å²) in [6.07, 6.45) is 3.32. The average Bonchev–Trinajstić information content (AvgIpc) is 2.33. The van der Waals surface area contributed by atoms with Crippen LogP contribution in [0.15, 0.2) is 0 Å². The molecule has 0 spiro atoms. The average molecular weight is 239 g/mol. The molecule has 2 atom stereocenters. The Hall–Kier alpha value is -0.770. The Bertz CT molecular complexity index is 274. The molecule has 2 fully saturated rings. The summed E-state index contributed by atoms with van der Waals surface area (Å²) in [5, 5.41) is 0. The van der Waals surface area contributed by atoms with Crippen molar-refractivity contribution in [3.05, 3.63) is 0 Å². The van der Waals surface area contributed by atoms with Crippen LogP contribution in [0.1, 0.15) is 33.1 Å². The van der Waals surface area contributed by atoms with Crippen molar-refractivity contribution in [2.24, 2.45) is 17.6 Å². The summed E-state index contributed by atoms with van der Waals surface area (Å²) in [7, 11) is 0. The summed E-state index contributed by atoms with van der Waals surface area (Å²) in [5.74, 6) is 1.31. The van der Waals surface area contributed by atoms with E-state index in [4.69, 9.17) is 5.73 Å². The van der Waals surface area contributed by atoms with Crippen molar-refractivity contribution in [1.29, 1.82) is 0 Å². The molecule has 0 radical (unpaired) electrons. The van der Waals surface area contributed by atoms with Gasteiger partial charge in [-0.1, -0.05) is 13.8 Å². The van der Waals surface area contributed by atoms with Crippen LogP contribution in [0.5, 0.6) is 0 Å². The number of carbonyl (C=O) groups excluding carboxylic acids is 1. The van der Waals surface area contributed by atoms with Crippen molar-refractivity contribution >= 4 is 6.03 Å². The highest BCUT2D eigenvalue weighted by molar-refractivity contribution is 5.74. The summed E-state index contributed by atoms with van der Waals surface area (Å²) >= 11 is 0. The Balaban J connectivity index is 1.87. The Morgan fingerprint density at radius 1 is 1.06 bits per heavy atom. The number of hydrogen-bond acceptors (Lipinski definition) is 2. The second-order valence-corrected chi connectivity index (χ2v) is 5.83. The minimum Gasteiger partial charge on any atom is -0.326 e. The molecule has 0 saturated carbocycles. The second kappa shape index (κ2) is 5.25. The van der Waals surface area contributed by atoms with Crippen LogP contribution in [0.4, 0.5) is 4.79 Å². The molecule has 2 heterocycles. The first-order valence-corrected chi connectivity index (χ1v) is 6.87. The molecule has 2 rings (SSSR count). The van der Waals surface area contributed by atoms with Gasteiger partial charge in [0, 0.05) is 32.2 Å². The summed E-state index contributed by atoms with van der Waals surface area (Å²) in [5.41, 5.74) is 6.05. The van der Waals surface area contributed by atoms with E-state index in [9.17, 15) is 4.79 Å². The summed E-state index contributed by atoms with van der Waals surface area (Å²) in [6.45, 7) is 7.88. The molecular formula is C13H25N3O. The van der Waals surface area contributed by atoms with Crippen molar-refractivity contribution in [2.45, 2.75) is 39.2 Å². The zero-order valence-corrected chi connectivity index (χ0v) is 11.1. The minimum atomic E-state index is 0.149. The van der Waals surface area contributed by atoms with Crippen LogP contribution in [-0.2, 0) is 0 Å². The van der Waals surface area contributed by atoms with Crippen LogP contribution < -0.4 is 5.73 Å². The van der Waals surface area contributed by atoms with Crippen molar-refractivity contribution in [3.8, 4) is 0 Å². The first-order chi connectivity index (χ1) is 8.08. The van der Waals surface area contributed by atoms with Crippen LogP contribution in [0.2, 0.25) is 0 Å². The van der Waals surface area contributed by atoms with Gasteiger partial charge in [-0.3, -0.25) is 0 Å². The lowest BCUT2D eigenvalue weighted by molar-refractivity contribution is 0.113. The van der Waals surface area contributed by atoms with Crippen molar-refractivity contribution in [2.75, 3.05) is 26.2 Å². The van der Waals surface area contributed by atoms with E-state index in [1.165, 1.54) is 0 Å². The second-order valence-electron chi connectivity index (χ2n) is 5.83. The van der Waals surface area contributed by atoms with Gasteiger partial charge in [-0.05, 0) is 31.1 Å². The maximum atomic E-state index is 12.3. The molecule has 0 aliphatic carbocycles. The topological polar surface area (TPSA) is 49.6 Å². The number of hydrogen-bond donors (Lipinski definition) is 1. The predicted molar refractivity (Wildman–Crippen MR) is 68.7 cm³/mol. The molecule has 2 aliphatic heterocycles. The molecule has 0 aromatic heterocycles. The molecule has 4 nitrogen and oxygen atoms in total. The van der Waals surface area contributed by atoms with Gasteiger partial charge in [-0.15, -0.1) is 0 Å². The number of carbonyl (C=O) groups is 1. The van der Waals surface area contributed by atoms with Crippen LogP contribution in [0.3, 0.4) is 0 Å². The van der Waals surface area contributed by atoms with Gasteiger partial charge in [0.2, 0.25) is 0 Å². The van der Waals surface area contributed by atoms with Crippen molar-refractivity contribution < 1.29 is 4.79 Å². The Labute approximate surface area is 104 Å². The molecule has 17 heavy (non-hydrogen) atoms. The molecule has 2 unspecified atom stereocenters.